The number of aryl methyl sites for hydroxylation is 1. The summed E-state index contributed by atoms with van der Waals surface area (Å²) in [5, 5.41) is 13.6. The minimum Gasteiger partial charge on any atom is -0.272 e. The normalized spacial score (nSPS) is 11.1. The molecule has 0 aliphatic heterocycles. The Kier molecular flexibility index (Phi) is 7.52. The van der Waals surface area contributed by atoms with E-state index in [2.05, 4.69) is 32.9 Å². The van der Waals surface area contributed by atoms with E-state index in [9.17, 15) is 4.79 Å². The Morgan fingerprint density at radius 3 is 2.11 bits per heavy atom. The highest BCUT2D eigenvalue weighted by atomic mass is 32.2. The first-order chi connectivity index (χ1) is 18.2. The zero-order valence-electron chi connectivity index (χ0n) is 20.3. The van der Waals surface area contributed by atoms with E-state index in [-0.39, 0.29) is 11.7 Å². The molecule has 0 fully saturated rings. The molecule has 0 aliphatic carbocycles. The van der Waals surface area contributed by atoms with Gasteiger partial charge < -0.3 is 0 Å². The van der Waals surface area contributed by atoms with E-state index in [0.717, 1.165) is 33.8 Å². The molecule has 0 radical (unpaired) electrons. The third-order valence-electron chi connectivity index (χ3n) is 5.71. The number of carbonyl (C=O) groups is 1. The van der Waals surface area contributed by atoms with E-state index in [1.165, 1.54) is 17.3 Å². The summed E-state index contributed by atoms with van der Waals surface area (Å²) in [7, 11) is 0. The first-order valence-corrected chi connectivity index (χ1v) is 12.8. The number of carbonyl (C=O) groups excluding carboxylic acids is 1. The van der Waals surface area contributed by atoms with Crippen LogP contribution in [0, 0.1) is 6.92 Å². The van der Waals surface area contributed by atoms with Crippen LogP contribution in [0.1, 0.15) is 11.1 Å². The van der Waals surface area contributed by atoms with Crippen molar-refractivity contribution in [2.75, 3.05) is 5.75 Å². The predicted molar refractivity (Wildman–Crippen MR) is 150 cm³/mol. The van der Waals surface area contributed by atoms with Gasteiger partial charge in [0.1, 0.15) is 0 Å². The molecule has 182 valence electrons. The van der Waals surface area contributed by atoms with Crippen LogP contribution in [0.4, 0.5) is 0 Å². The van der Waals surface area contributed by atoms with E-state index in [1.54, 1.807) is 6.21 Å². The van der Waals surface area contributed by atoms with Gasteiger partial charge in [-0.2, -0.15) is 5.10 Å². The van der Waals surface area contributed by atoms with Gasteiger partial charge in [0.15, 0.2) is 11.0 Å². The number of benzene rings is 4. The second-order valence-corrected chi connectivity index (χ2v) is 9.36. The highest BCUT2D eigenvalue weighted by Crippen LogP contribution is 2.28. The largest absolute Gasteiger partial charge is 0.272 e. The van der Waals surface area contributed by atoms with E-state index < -0.39 is 0 Å². The van der Waals surface area contributed by atoms with Crippen molar-refractivity contribution in [3.63, 3.8) is 0 Å². The second-order valence-electron chi connectivity index (χ2n) is 8.41. The van der Waals surface area contributed by atoms with Crippen molar-refractivity contribution in [3.8, 4) is 28.2 Å². The number of amides is 1. The summed E-state index contributed by atoms with van der Waals surface area (Å²) in [5.41, 5.74) is 8.85. The number of rotatable bonds is 8. The summed E-state index contributed by atoms with van der Waals surface area (Å²) in [4.78, 5) is 12.5. The summed E-state index contributed by atoms with van der Waals surface area (Å²) < 4.78 is 1.98. The summed E-state index contributed by atoms with van der Waals surface area (Å²) in [6, 6.07) is 36.3. The molecule has 37 heavy (non-hydrogen) atoms. The summed E-state index contributed by atoms with van der Waals surface area (Å²) in [6.45, 7) is 2.05. The Hall–Kier alpha value is -4.49. The molecule has 4 aromatic carbocycles. The molecule has 1 N–H and O–H groups in total. The van der Waals surface area contributed by atoms with Gasteiger partial charge in [-0.05, 0) is 35.7 Å². The van der Waals surface area contributed by atoms with E-state index in [0.29, 0.717) is 5.16 Å². The van der Waals surface area contributed by atoms with Gasteiger partial charge in [0.25, 0.3) is 5.91 Å². The fourth-order valence-electron chi connectivity index (χ4n) is 3.80. The van der Waals surface area contributed by atoms with Gasteiger partial charge in [-0.3, -0.25) is 9.36 Å². The minimum atomic E-state index is -0.220. The highest BCUT2D eigenvalue weighted by Gasteiger charge is 2.17. The first-order valence-electron chi connectivity index (χ1n) is 11.9. The van der Waals surface area contributed by atoms with Crippen LogP contribution in [0.25, 0.3) is 28.2 Å². The number of hydrogen-bond acceptors (Lipinski definition) is 5. The molecule has 0 aliphatic rings. The molecule has 0 bridgehead atoms. The fourth-order valence-corrected chi connectivity index (χ4v) is 4.54. The topological polar surface area (TPSA) is 72.2 Å². The first kappa shape index (κ1) is 24.2. The fraction of sp³-hybridized carbons (Fsp3) is 0.0667. The maximum Gasteiger partial charge on any atom is 0.250 e. The molecular weight excluding hydrogens is 478 g/mol. The maximum atomic E-state index is 12.5. The van der Waals surface area contributed by atoms with Crippen molar-refractivity contribution in [3.05, 3.63) is 120 Å². The molecule has 7 heteroatoms. The van der Waals surface area contributed by atoms with Crippen molar-refractivity contribution in [2.24, 2.45) is 5.10 Å². The molecule has 1 amide bonds. The molecule has 0 unspecified atom stereocenters. The smallest absolute Gasteiger partial charge is 0.250 e. The lowest BCUT2D eigenvalue weighted by molar-refractivity contribution is -0.118. The monoisotopic (exact) mass is 503 g/mol. The number of nitrogens with zero attached hydrogens (tertiary/aromatic N) is 4. The van der Waals surface area contributed by atoms with Crippen LogP contribution in [0.3, 0.4) is 0 Å². The lowest BCUT2D eigenvalue weighted by atomic mass is 10.0. The number of thioether (sulfide) groups is 1. The Bertz CT molecular complexity index is 1500. The van der Waals surface area contributed by atoms with Gasteiger partial charge in [-0.15, -0.1) is 10.2 Å². The van der Waals surface area contributed by atoms with Gasteiger partial charge in [0, 0.05) is 11.3 Å². The van der Waals surface area contributed by atoms with Crippen LogP contribution in [0.15, 0.2) is 119 Å². The molecule has 1 heterocycles. The lowest BCUT2D eigenvalue weighted by Gasteiger charge is -2.10. The zero-order chi connectivity index (χ0) is 25.5. The molecule has 6 nitrogen and oxygen atoms in total. The molecule has 1 aromatic heterocycles. The highest BCUT2D eigenvalue weighted by molar-refractivity contribution is 7.99. The van der Waals surface area contributed by atoms with Crippen molar-refractivity contribution < 1.29 is 4.79 Å². The van der Waals surface area contributed by atoms with E-state index >= 15 is 0 Å². The Morgan fingerprint density at radius 1 is 0.811 bits per heavy atom. The number of aromatic nitrogens is 3. The van der Waals surface area contributed by atoms with Crippen LogP contribution in [-0.4, -0.2) is 32.6 Å². The van der Waals surface area contributed by atoms with Crippen molar-refractivity contribution in [1.29, 1.82) is 0 Å². The molecule has 5 aromatic rings. The Balaban J connectivity index is 1.24. The minimum absolute atomic E-state index is 0.156. The third kappa shape index (κ3) is 6.02. The van der Waals surface area contributed by atoms with Crippen LogP contribution >= 0.6 is 11.8 Å². The van der Waals surface area contributed by atoms with E-state index in [1.807, 2.05) is 109 Å². The molecule has 0 saturated heterocycles. The van der Waals surface area contributed by atoms with Crippen LogP contribution in [0.2, 0.25) is 0 Å². The maximum absolute atomic E-state index is 12.5. The molecule has 0 atom stereocenters. The third-order valence-corrected chi connectivity index (χ3v) is 6.64. The molecular formula is C30H25N5OS. The summed E-state index contributed by atoms with van der Waals surface area (Å²) >= 11 is 1.32. The van der Waals surface area contributed by atoms with Crippen molar-refractivity contribution in [1.82, 2.24) is 20.2 Å². The van der Waals surface area contributed by atoms with Gasteiger partial charge >= 0.3 is 0 Å². The van der Waals surface area contributed by atoms with Crippen LogP contribution < -0.4 is 5.43 Å². The predicted octanol–water partition coefficient (Wildman–Crippen LogP) is 6.15. The number of nitrogens with one attached hydrogen (secondary N) is 1. The standard InChI is InChI=1S/C30H25N5OS/c1-22-12-18-27(19-13-22)35-29(26-10-6-3-7-11-26)33-34-30(35)37-21-28(36)32-31-20-23-14-16-25(17-15-23)24-8-4-2-5-9-24/h2-20H,21H2,1H3,(H,32,36)/b31-20+. The van der Waals surface area contributed by atoms with Crippen molar-refractivity contribution in [2.45, 2.75) is 12.1 Å². The van der Waals surface area contributed by atoms with Gasteiger partial charge in [-0.1, -0.05) is 114 Å². The quantitative estimate of drug-likeness (QED) is 0.157. The summed E-state index contributed by atoms with van der Waals surface area (Å²) in [6.07, 6.45) is 1.64. The molecule has 0 saturated carbocycles. The SMILES string of the molecule is Cc1ccc(-n2c(SCC(=O)N/N=C/c3ccc(-c4ccccc4)cc3)nnc2-c2ccccc2)cc1. The van der Waals surface area contributed by atoms with Gasteiger partial charge in [0.2, 0.25) is 0 Å². The second kappa shape index (κ2) is 11.5. The lowest BCUT2D eigenvalue weighted by Crippen LogP contribution is -2.20. The molecule has 5 rings (SSSR count). The van der Waals surface area contributed by atoms with Gasteiger partial charge in [0.05, 0.1) is 12.0 Å². The van der Waals surface area contributed by atoms with Crippen LogP contribution in [-0.2, 0) is 4.79 Å². The zero-order valence-corrected chi connectivity index (χ0v) is 21.1. The average molecular weight is 504 g/mol. The average Bonchev–Trinajstić information content (AvgIpc) is 3.38. The van der Waals surface area contributed by atoms with Crippen molar-refractivity contribution >= 4 is 23.9 Å². The van der Waals surface area contributed by atoms with Gasteiger partial charge in [-0.25, -0.2) is 5.43 Å². The Morgan fingerprint density at radius 2 is 1.43 bits per heavy atom. The Labute approximate surface area is 220 Å². The number of hydrazone groups is 1. The molecule has 0 spiro atoms. The van der Waals surface area contributed by atoms with E-state index in [4.69, 9.17) is 0 Å². The summed E-state index contributed by atoms with van der Waals surface area (Å²) in [5.74, 6) is 0.662. The number of hydrogen-bond donors (Lipinski definition) is 1. The van der Waals surface area contributed by atoms with Crippen LogP contribution in [0.5, 0.6) is 0 Å².